The van der Waals surface area contributed by atoms with E-state index in [1.807, 2.05) is 4.98 Å². The fraction of sp³-hybridized carbons (Fsp3) is 0.400. The van der Waals surface area contributed by atoms with E-state index in [0.717, 1.165) is 13.2 Å². The number of aromatic amines is 1. The molecule has 0 fully saturated rings. The standard InChI is InChI=1S/C10H9ClF3NO4/c1-18-8(16)3-6-5(4-11)2-7(15-9(6)17)19-10(12,13)14/h2H,3-4H2,1H3,(H,15,17). The zero-order valence-corrected chi connectivity index (χ0v) is 10.4. The quantitative estimate of drug-likeness (QED) is 0.679. The van der Waals surface area contributed by atoms with Gasteiger partial charge in [0.2, 0.25) is 5.88 Å². The summed E-state index contributed by atoms with van der Waals surface area (Å²) < 4.78 is 44.0. The fourth-order valence-electron chi connectivity index (χ4n) is 1.32. The van der Waals surface area contributed by atoms with Gasteiger partial charge >= 0.3 is 12.3 Å². The summed E-state index contributed by atoms with van der Waals surface area (Å²) in [4.78, 5) is 24.5. The van der Waals surface area contributed by atoms with E-state index in [1.54, 1.807) is 0 Å². The van der Waals surface area contributed by atoms with Gasteiger partial charge in [0.1, 0.15) is 0 Å². The smallest absolute Gasteiger partial charge is 0.469 e. The Labute approximate surface area is 110 Å². The Hall–Kier alpha value is -1.70. The zero-order valence-electron chi connectivity index (χ0n) is 9.64. The van der Waals surface area contributed by atoms with Crippen LogP contribution in [-0.2, 0) is 21.8 Å². The highest BCUT2D eigenvalue weighted by Crippen LogP contribution is 2.22. The van der Waals surface area contributed by atoms with Crippen LogP contribution in [0.5, 0.6) is 5.88 Å². The molecule has 9 heteroatoms. The number of hydrogen-bond donors (Lipinski definition) is 1. The maximum atomic E-state index is 12.0. The third-order valence-electron chi connectivity index (χ3n) is 2.12. The van der Waals surface area contributed by atoms with Crippen LogP contribution in [-0.4, -0.2) is 24.4 Å². The number of H-pyrrole nitrogens is 1. The number of methoxy groups -OCH3 is 1. The molecular weight excluding hydrogens is 291 g/mol. The van der Waals surface area contributed by atoms with Gasteiger partial charge in [-0.1, -0.05) is 0 Å². The minimum atomic E-state index is -4.93. The number of halogens is 4. The van der Waals surface area contributed by atoms with Gasteiger partial charge in [-0.3, -0.25) is 14.6 Å². The average Bonchev–Trinajstić information content (AvgIpc) is 2.29. The molecule has 0 bridgehead atoms. The zero-order chi connectivity index (χ0) is 14.6. The summed E-state index contributed by atoms with van der Waals surface area (Å²) in [5, 5.41) is 0. The summed E-state index contributed by atoms with van der Waals surface area (Å²) in [7, 11) is 1.12. The van der Waals surface area contributed by atoms with Crippen LogP contribution in [0, 0.1) is 0 Å². The van der Waals surface area contributed by atoms with Crippen LogP contribution < -0.4 is 10.3 Å². The van der Waals surface area contributed by atoms with Crippen LogP contribution in [0.25, 0.3) is 0 Å². The van der Waals surface area contributed by atoms with Crippen molar-refractivity contribution in [1.82, 2.24) is 4.98 Å². The Morgan fingerprint density at radius 2 is 2.11 bits per heavy atom. The van der Waals surface area contributed by atoms with Crippen molar-refractivity contribution in [2.75, 3.05) is 7.11 Å². The molecule has 0 aliphatic rings. The van der Waals surface area contributed by atoms with Crippen LogP contribution in [0.1, 0.15) is 11.1 Å². The summed E-state index contributed by atoms with van der Waals surface area (Å²) in [6.45, 7) is 0. The molecule has 1 aromatic heterocycles. The lowest BCUT2D eigenvalue weighted by atomic mass is 10.1. The summed E-state index contributed by atoms with van der Waals surface area (Å²) in [6, 6.07) is 0.917. The number of esters is 1. The summed E-state index contributed by atoms with van der Waals surface area (Å²) in [6.07, 6.45) is -5.32. The first-order chi connectivity index (χ1) is 8.76. The Kier molecular flexibility index (Phi) is 4.82. The van der Waals surface area contributed by atoms with Crippen molar-refractivity contribution in [3.63, 3.8) is 0 Å². The second-order valence-electron chi connectivity index (χ2n) is 3.40. The molecule has 0 unspecified atom stereocenters. The number of nitrogens with one attached hydrogen (secondary N) is 1. The highest BCUT2D eigenvalue weighted by atomic mass is 35.5. The van der Waals surface area contributed by atoms with Gasteiger partial charge in [0.25, 0.3) is 5.56 Å². The third kappa shape index (κ3) is 4.47. The van der Waals surface area contributed by atoms with Crippen LogP contribution in [0.2, 0.25) is 0 Å². The predicted molar refractivity (Wildman–Crippen MR) is 59.0 cm³/mol. The Balaban J connectivity index is 3.15. The number of alkyl halides is 4. The van der Waals surface area contributed by atoms with E-state index in [2.05, 4.69) is 9.47 Å². The van der Waals surface area contributed by atoms with Crippen LogP contribution in [0.4, 0.5) is 13.2 Å². The number of ether oxygens (including phenoxy) is 2. The lowest BCUT2D eigenvalue weighted by Gasteiger charge is -2.11. The second-order valence-corrected chi connectivity index (χ2v) is 3.67. The molecule has 1 rings (SSSR count). The molecule has 1 heterocycles. The Bertz CT molecular complexity index is 526. The number of carbonyl (C=O) groups excluding carboxylic acids is 1. The third-order valence-corrected chi connectivity index (χ3v) is 2.41. The van der Waals surface area contributed by atoms with Gasteiger partial charge in [0, 0.05) is 17.5 Å². The van der Waals surface area contributed by atoms with Crippen molar-refractivity contribution in [2.45, 2.75) is 18.7 Å². The molecule has 1 N–H and O–H groups in total. The van der Waals surface area contributed by atoms with E-state index in [0.29, 0.717) is 0 Å². The maximum Gasteiger partial charge on any atom is 0.574 e. The molecule has 0 atom stereocenters. The lowest BCUT2D eigenvalue weighted by molar-refractivity contribution is -0.276. The average molecular weight is 300 g/mol. The van der Waals surface area contributed by atoms with Crippen molar-refractivity contribution in [1.29, 1.82) is 0 Å². The molecule has 0 radical (unpaired) electrons. The van der Waals surface area contributed by atoms with Crippen LogP contribution in [0.15, 0.2) is 10.9 Å². The number of aromatic nitrogens is 1. The molecule has 0 aliphatic heterocycles. The van der Waals surface area contributed by atoms with Crippen molar-refractivity contribution >= 4 is 17.6 Å². The van der Waals surface area contributed by atoms with Crippen molar-refractivity contribution in [3.8, 4) is 5.88 Å². The monoisotopic (exact) mass is 299 g/mol. The molecule has 1 aromatic rings. The number of hydrogen-bond acceptors (Lipinski definition) is 4. The molecule has 106 valence electrons. The van der Waals surface area contributed by atoms with Gasteiger partial charge in [-0.25, -0.2) is 0 Å². The first kappa shape index (κ1) is 15.4. The second kappa shape index (κ2) is 5.96. The maximum absolute atomic E-state index is 12.0. The van der Waals surface area contributed by atoms with Crippen LogP contribution in [0.3, 0.4) is 0 Å². The van der Waals surface area contributed by atoms with Gasteiger partial charge in [-0.2, -0.15) is 0 Å². The van der Waals surface area contributed by atoms with Crippen molar-refractivity contribution < 1.29 is 27.4 Å². The SMILES string of the molecule is COC(=O)Cc1c(CCl)cc(OC(F)(F)F)[nH]c1=O. The van der Waals surface area contributed by atoms with E-state index in [-0.39, 0.29) is 23.4 Å². The number of pyridine rings is 1. The molecule has 0 saturated carbocycles. The molecular formula is C10H9ClF3NO4. The van der Waals surface area contributed by atoms with Crippen LogP contribution >= 0.6 is 11.6 Å². The van der Waals surface area contributed by atoms with Gasteiger partial charge < -0.3 is 9.47 Å². The van der Waals surface area contributed by atoms with E-state index in [1.165, 1.54) is 0 Å². The fourth-order valence-corrected chi connectivity index (χ4v) is 1.56. The minimum absolute atomic E-state index is 0.0589. The van der Waals surface area contributed by atoms with E-state index >= 15 is 0 Å². The minimum Gasteiger partial charge on any atom is -0.469 e. The lowest BCUT2D eigenvalue weighted by Crippen LogP contribution is -2.24. The Morgan fingerprint density at radius 1 is 1.47 bits per heavy atom. The molecule has 0 spiro atoms. The summed E-state index contributed by atoms with van der Waals surface area (Å²) in [5.74, 6) is -1.74. The topological polar surface area (TPSA) is 68.4 Å². The van der Waals surface area contributed by atoms with Gasteiger partial charge in [-0.15, -0.1) is 24.8 Å². The van der Waals surface area contributed by atoms with Gasteiger partial charge in [-0.05, 0) is 5.56 Å². The highest BCUT2D eigenvalue weighted by Gasteiger charge is 2.32. The van der Waals surface area contributed by atoms with Crippen molar-refractivity contribution in [3.05, 3.63) is 27.5 Å². The van der Waals surface area contributed by atoms with Gasteiger partial charge in [0.15, 0.2) is 0 Å². The molecule has 19 heavy (non-hydrogen) atoms. The molecule has 0 aliphatic carbocycles. The van der Waals surface area contributed by atoms with E-state index < -0.39 is 23.8 Å². The predicted octanol–water partition coefficient (Wildman–Crippen LogP) is 1.73. The molecule has 0 aromatic carbocycles. The molecule has 5 nitrogen and oxygen atoms in total. The summed E-state index contributed by atoms with van der Waals surface area (Å²) >= 11 is 5.53. The molecule has 0 amide bonds. The van der Waals surface area contributed by atoms with E-state index in [9.17, 15) is 22.8 Å². The van der Waals surface area contributed by atoms with E-state index in [4.69, 9.17) is 11.6 Å². The normalized spacial score (nSPS) is 11.2. The van der Waals surface area contributed by atoms with Gasteiger partial charge in [0.05, 0.1) is 13.5 Å². The molecule has 0 saturated heterocycles. The summed E-state index contributed by atoms with van der Waals surface area (Å²) in [5.41, 5.74) is -0.880. The Morgan fingerprint density at radius 3 is 2.58 bits per heavy atom. The largest absolute Gasteiger partial charge is 0.574 e. The number of carbonyl (C=O) groups is 1. The highest BCUT2D eigenvalue weighted by molar-refractivity contribution is 6.17. The number of rotatable bonds is 4. The first-order valence-electron chi connectivity index (χ1n) is 4.90. The van der Waals surface area contributed by atoms with Crippen molar-refractivity contribution in [2.24, 2.45) is 0 Å². The first-order valence-corrected chi connectivity index (χ1v) is 5.44.